The summed E-state index contributed by atoms with van der Waals surface area (Å²) >= 11 is 11.3. The standard InChI is InChI=1S/C19H20ClN3O4S/c1-4-17(24)21-12-6-7-13(20)14(10-12)22-19(28)23-18(25)11-5-8-15(26-2)16(9-11)27-3/h5-10H,4H2,1-3H3,(H,21,24)(H2,22,23,25,28). The number of carbonyl (C=O) groups excluding carboxylic acids is 2. The summed E-state index contributed by atoms with van der Waals surface area (Å²) in [7, 11) is 3.00. The van der Waals surface area contributed by atoms with Crippen LogP contribution < -0.4 is 25.4 Å². The van der Waals surface area contributed by atoms with Crippen LogP contribution in [0.5, 0.6) is 11.5 Å². The number of halogens is 1. The minimum atomic E-state index is -0.426. The normalized spacial score (nSPS) is 10.0. The SMILES string of the molecule is CCC(=O)Nc1ccc(Cl)c(NC(=S)NC(=O)c2ccc(OC)c(OC)c2)c1. The molecule has 0 spiro atoms. The van der Waals surface area contributed by atoms with E-state index < -0.39 is 5.91 Å². The number of ether oxygens (including phenoxy) is 2. The Bertz CT molecular complexity index is 905. The van der Waals surface area contributed by atoms with Gasteiger partial charge in [-0.3, -0.25) is 14.9 Å². The van der Waals surface area contributed by atoms with Crippen LogP contribution in [0.2, 0.25) is 5.02 Å². The molecule has 0 aliphatic heterocycles. The molecular weight excluding hydrogens is 402 g/mol. The number of hydrogen-bond acceptors (Lipinski definition) is 5. The molecule has 0 fully saturated rings. The number of rotatable bonds is 6. The van der Waals surface area contributed by atoms with E-state index in [1.807, 2.05) is 0 Å². The van der Waals surface area contributed by atoms with Gasteiger partial charge in [0.05, 0.1) is 24.9 Å². The number of benzene rings is 2. The second-order valence-electron chi connectivity index (χ2n) is 5.57. The first kappa shape index (κ1) is 21.5. The summed E-state index contributed by atoms with van der Waals surface area (Å²) < 4.78 is 10.3. The lowest BCUT2D eigenvalue weighted by Gasteiger charge is -2.13. The van der Waals surface area contributed by atoms with E-state index in [0.29, 0.717) is 39.9 Å². The average molecular weight is 422 g/mol. The van der Waals surface area contributed by atoms with Crippen molar-refractivity contribution >= 4 is 52.1 Å². The largest absolute Gasteiger partial charge is 0.493 e. The van der Waals surface area contributed by atoms with Crippen LogP contribution in [-0.2, 0) is 4.79 Å². The van der Waals surface area contributed by atoms with Gasteiger partial charge in [-0.1, -0.05) is 18.5 Å². The van der Waals surface area contributed by atoms with E-state index >= 15 is 0 Å². The Balaban J connectivity index is 2.08. The molecule has 2 rings (SSSR count). The summed E-state index contributed by atoms with van der Waals surface area (Å²) in [5.41, 5.74) is 1.36. The topological polar surface area (TPSA) is 88.7 Å². The molecule has 148 valence electrons. The lowest BCUT2D eigenvalue weighted by molar-refractivity contribution is -0.115. The van der Waals surface area contributed by atoms with E-state index in [2.05, 4.69) is 16.0 Å². The molecule has 0 aromatic heterocycles. The Labute approximate surface area is 173 Å². The third kappa shape index (κ3) is 5.58. The van der Waals surface area contributed by atoms with Crippen LogP contribution >= 0.6 is 23.8 Å². The Morgan fingerprint density at radius 3 is 2.39 bits per heavy atom. The molecule has 2 amide bonds. The lowest BCUT2D eigenvalue weighted by atomic mass is 10.2. The molecule has 28 heavy (non-hydrogen) atoms. The first-order valence-corrected chi connectivity index (χ1v) is 9.10. The number of hydrogen-bond donors (Lipinski definition) is 3. The minimum Gasteiger partial charge on any atom is -0.493 e. The van der Waals surface area contributed by atoms with Crippen LogP contribution in [0.15, 0.2) is 36.4 Å². The zero-order valence-corrected chi connectivity index (χ0v) is 17.2. The highest BCUT2D eigenvalue weighted by Crippen LogP contribution is 2.28. The van der Waals surface area contributed by atoms with Crippen molar-refractivity contribution in [2.75, 3.05) is 24.9 Å². The third-order valence-electron chi connectivity index (χ3n) is 3.69. The van der Waals surface area contributed by atoms with Crippen LogP contribution in [-0.4, -0.2) is 31.1 Å². The van der Waals surface area contributed by atoms with Gasteiger partial charge in [-0.15, -0.1) is 0 Å². The van der Waals surface area contributed by atoms with Gasteiger partial charge in [-0.25, -0.2) is 0 Å². The van der Waals surface area contributed by atoms with Gasteiger partial charge in [0.1, 0.15) is 0 Å². The summed E-state index contributed by atoms with van der Waals surface area (Å²) in [6.07, 6.45) is 0.352. The monoisotopic (exact) mass is 421 g/mol. The maximum absolute atomic E-state index is 12.4. The van der Waals surface area contributed by atoms with Gasteiger partial charge in [-0.2, -0.15) is 0 Å². The van der Waals surface area contributed by atoms with E-state index in [4.69, 9.17) is 33.3 Å². The molecule has 2 aromatic carbocycles. The van der Waals surface area contributed by atoms with E-state index in [1.165, 1.54) is 14.2 Å². The molecule has 0 atom stereocenters. The summed E-state index contributed by atoms with van der Waals surface area (Å²) in [6.45, 7) is 1.75. The first-order chi connectivity index (χ1) is 13.4. The fourth-order valence-corrected chi connectivity index (χ4v) is 2.62. The van der Waals surface area contributed by atoms with Crippen molar-refractivity contribution in [1.82, 2.24) is 5.32 Å². The van der Waals surface area contributed by atoms with Gasteiger partial charge in [0.15, 0.2) is 16.6 Å². The Morgan fingerprint density at radius 2 is 1.75 bits per heavy atom. The predicted octanol–water partition coefficient (Wildman–Crippen LogP) is 3.83. The van der Waals surface area contributed by atoms with Gasteiger partial charge in [0, 0.05) is 17.7 Å². The van der Waals surface area contributed by atoms with Crippen LogP contribution in [0.1, 0.15) is 23.7 Å². The third-order valence-corrected chi connectivity index (χ3v) is 4.23. The van der Waals surface area contributed by atoms with E-state index in [0.717, 1.165) is 0 Å². The van der Waals surface area contributed by atoms with Gasteiger partial charge >= 0.3 is 0 Å². The maximum atomic E-state index is 12.4. The highest BCUT2D eigenvalue weighted by atomic mass is 35.5. The number of amides is 2. The number of carbonyl (C=O) groups is 2. The van der Waals surface area contributed by atoms with Crippen LogP contribution in [0.4, 0.5) is 11.4 Å². The zero-order chi connectivity index (χ0) is 20.7. The van der Waals surface area contributed by atoms with E-state index in [1.54, 1.807) is 43.3 Å². The maximum Gasteiger partial charge on any atom is 0.257 e. The number of thiocarbonyl (C=S) groups is 1. The van der Waals surface area contributed by atoms with Gasteiger partial charge < -0.3 is 20.1 Å². The number of methoxy groups -OCH3 is 2. The van der Waals surface area contributed by atoms with Gasteiger partial charge in [-0.05, 0) is 48.6 Å². The fraction of sp³-hybridized carbons (Fsp3) is 0.211. The molecule has 0 radical (unpaired) electrons. The Kier molecular flexibility index (Phi) is 7.60. The van der Waals surface area contributed by atoms with Crippen molar-refractivity contribution in [2.45, 2.75) is 13.3 Å². The molecule has 0 aliphatic rings. The summed E-state index contributed by atoms with van der Waals surface area (Å²) in [6, 6.07) is 9.68. The molecule has 9 heteroatoms. The Hall–Kier alpha value is -2.84. The quantitative estimate of drug-likeness (QED) is 0.614. The van der Waals surface area contributed by atoms with E-state index in [9.17, 15) is 9.59 Å². The fourth-order valence-electron chi connectivity index (χ4n) is 2.25. The number of nitrogens with one attached hydrogen (secondary N) is 3. The van der Waals surface area contributed by atoms with Crippen LogP contribution in [0.25, 0.3) is 0 Å². The Morgan fingerprint density at radius 1 is 1.04 bits per heavy atom. The number of anilines is 2. The van der Waals surface area contributed by atoms with Gasteiger partial charge in [0.2, 0.25) is 5.91 Å². The molecule has 2 aromatic rings. The minimum absolute atomic E-state index is 0.0562. The molecule has 0 saturated heterocycles. The second kappa shape index (κ2) is 9.91. The van der Waals surface area contributed by atoms with Crippen molar-refractivity contribution in [3.8, 4) is 11.5 Å². The molecule has 0 heterocycles. The molecular formula is C19H20ClN3O4S. The van der Waals surface area contributed by atoms with Crippen LogP contribution in [0.3, 0.4) is 0 Å². The highest BCUT2D eigenvalue weighted by Gasteiger charge is 2.13. The van der Waals surface area contributed by atoms with Crippen LogP contribution in [0, 0.1) is 0 Å². The molecule has 0 aliphatic carbocycles. The molecule has 0 bridgehead atoms. The molecule has 0 saturated carbocycles. The van der Waals surface area contributed by atoms with Crippen molar-refractivity contribution in [2.24, 2.45) is 0 Å². The smallest absolute Gasteiger partial charge is 0.257 e. The first-order valence-electron chi connectivity index (χ1n) is 8.31. The average Bonchev–Trinajstić information content (AvgIpc) is 2.69. The summed E-state index contributed by atoms with van der Waals surface area (Å²) in [4.78, 5) is 24.0. The van der Waals surface area contributed by atoms with Crippen molar-refractivity contribution < 1.29 is 19.1 Å². The van der Waals surface area contributed by atoms with Crippen molar-refractivity contribution in [3.05, 3.63) is 47.0 Å². The predicted molar refractivity (Wildman–Crippen MR) is 114 cm³/mol. The van der Waals surface area contributed by atoms with Crippen molar-refractivity contribution in [1.29, 1.82) is 0 Å². The van der Waals surface area contributed by atoms with E-state index in [-0.39, 0.29) is 11.0 Å². The molecule has 7 nitrogen and oxygen atoms in total. The molecule has 0 unspecified atom stereocenters. The second-order valence-corrected chi connectivity index (χ2v) is 6.39. The zero-order valence-electron chi connectivity index (χ0n) is 15.6. The highest BCUT2D eigenvalue weighted by molar-refractivity contribution is 7.80. The van der Waals surface area contributed by atoms with Crippen molar-refractivity contribution in [3.63, 3.8) is 0 Å². The molecule has 3 N–H and O–H groups in total. The lowest BCUT2D eigenvalue weighted by Crippen LogP contribution is -2.34. The summed E-state index contributed by atoms with van der Waals surface area (Å²) in [5, 5.41) is 8.60. The summed E-state index contributed by atoms with van der Waals surface area (Å²) in [5.74, 6) is 0.386. The van der Waals surface area contributed by atoms with Gasteiger partial charge in [0.25, 0.3) is 5.91 Å².